The van der Waals surface area contributed by atoms with E-state index in [0.717, 1.165) is 0 Å². The van der Waals surface area contributed by atoms with Crippen molar-refractivity contribution >= 4 is 11.4 Å². The maximum Gasteiger partial charge on any atom is 0.0783 e. The van der Waals surface area contributed by atoms with Crippen molar-refractivity contribution in [2.24, 2.45) is 0 Å². The molecule has 3 aromatic carbocycles. The normalized spacial score (nSPS) is 19.8. The first-order valence-electron chi connectivity index (χ1n) is 8.03. The van der Waals surface area contributed by atoms with Crippen LogP contribution in [0.25, 0.3) is 0 Å². The lowest BCUT2D eigenvalue weighted by Gasteiger charge is -2.43. The van der Waals surface area contributed by atoms with E-state index in [2.05, 4.69) is 102 Å². The Labute approximate surface area is 137 Å². The van der Waals surface area contributed by atoms with Crippen molar-refractivity contribution in [3.8, 4) is 0 Å². The smallest absolute Gasteiger partial charge is 0.0783 e. The lowest BCUT2D eigenvalue weighted by molar-refractivity contribution is 0.560. The number of para-hydroxylation sites is 2. The maximum atomic E-state index is 3.75. The highest BCUT2D eigenvalue weighted by atomic mass is 15.2. The summed E-state index contributed by atoms with van der Waals surface area (Å²) in [5.41, 5.74) is 5.07. The summed E-state index contributed by atoms with van der Waals surface area (Å²) in [4.78, 5) is 2.39. The number of fused-ring (bicyclic) bond motifs is 1. The molecule has 0 aliphatic carbocycles. The number of likely N-dealkylation sites (N-methyl/N-ethyl adjacent to an activating group) is 1. The number of benzene rings is 3. The highest BCUT2D eigenvalue weighted by molar-refractivity contribution is 5.74. The van der Waals surface area contributed by atoms with Crippen LogP contribution in [0.1, 0.15) is 23.2 Å². The molecule has 23 heavy (non-hydrogen) atoms. The molecular formula is C21H20N2. The fraction of sp³-hybridized carbons (Fsp3) is 0.143. The monoisotopic (exact) mass is 300 g/mol. The molecule has 4 rings (SSSR count). The van der Waals surface area contributed by atoms with Gasteiger partial charge in [-0.25, -0.2) is 0 Å². The minimum absolute atomic E-state index is 0.221. The van der Waals surface area contributed by atoms with Gasteiger partial charge in [0.1, 0.15) is 0 Å². The van der Waals surface area contributed by atoms with Gasteiger partial charge in [0.15, 0.2) is 0 Å². The van der Waals surface area contributed by atoms with E-state index in [9.17, 15) is 0 Å². The average molecular weight is 300 g/mol. The number of rotatable bonds is 2. The molecule has 1 aliphatic heterocycles. The Morgan fingerprint density at radius 1 is 0.696 bits per heavy atom. The molecule has 2 nitrogen and oxygen atoms in total. The first kappa shape index (κ1) is 13.9. The molecule has 3 aromatic rings. The Bertz CT molecular complexity index is 783. The Morgan fingerprint density at radius 2 is 1.26 bits per heavy atom. The number of hydrogen-bond acceptors (Lipinski definition) is 2. The number of anilines is 2. The van der Waals surface area contributed by atoms with Crippen LogP contribution in [0.5, 0.6) is 0 Å². The molecule has 0 fully saturated rings. The fourth-order valence-electron chi connectivity index (χ4n) is 3.52. The Hall–Kier alpha value is -2.74. The number of hydrogen-bond donors (Lipinski definition) is 1. The zero-order valence-corrected chi connectivity index (χ0v) is 13.2. The van der Waals surface area contributed by atoms with E-state index < -0.39 is 0 Å². The highest BCUT2D eigenvalue weighted by Crippen LogP contribution is 2.45. The van der Waals surface area contributed by atoms with Crippen molar-refractivity contribution in [1.82, 2.24) is 0 Å². The van der Waals surface area contributed by atoms with Crippen molar-refractivity contribution in [2.75, 3.05) is 17.3 Å². The second-order valence-corrected chi connectivity index (χ2v) is 6.02. The number of nitrogens with one attached hydrogen (secondary N) is 1. The van der Waals surface area contributed by atoms with Crippen LogP contribution < -0.4 is 10.2 Å². The predicted octanol–water partition coefficient (Wildman–Crippen LogP) is 5.03. The van der Waals surface area contributed by atoms with E-state index >= 15 is 0 Å². The summed E-state index contributed by atoms with van der Waals surface area (Å²) in [5, 5.41) is 3.75. The molecule has 1 N–H and O–H groups in total. The Morgan fingerprint density at radius 3 is 1.96 bits per heavy atom. The fourth-order valence-corrected chi connectivity index (χ4v) is 3.52. The molecule has 0 saturated carbocycles. The molecule has 0 saturated heterocycles. The van der Waals surface area contributed by atoms with Crippen LogP contribution in [0.2, 0.25) is 0 Å². The van der Waals surface area contributed by atoms with Crippen molar-refractivity contribution in [3.63, 3.8) is 0 Å². The standard InChI is InChI=1S/C21H20N2/c1-23-19-15-9-8-14-18(19)22-20(16-10-4-2-5-11-16)21(23)17-12-6-3-7-13-17/h2-15,20-22H,1H3. The minimum Gasteiger partial charge on any atom is -0.374 e. The third-order valence-corrected chi connectivity index (χ3v) is 4.63. The summed E-state index contributed by atoms with van der Waals surface area (Å²) in [7, 11) is 2.19. The van der Waals surface area contributed by atoms with E-state index in [1.54, 1.807) is 0 Å². The van der Waals surface area contributed by atoms with E-state index in [1.165, 1.54) is 22.5 Å². The quantitative estimate of drug-likeness (QED) is 0.714. The summed E-state index contributed by atoms with van der Waals surface area (Å²) >= 11 is 0. The largest absolute Gasteiger partial charge is 0.374 e. The SMILES string of the molecule is CN1c2ccccc2NC(c2ccccc2)C1c1ccccc1. The topological polar surface area (TPSA) is 15.3 Å². The molecule has 0 aromatic heterocycles. The second-order valence-electron chi connectivity index (χ2n) is 6.02. The summed E-state index contributed by atoms with van der Waals surface area (Å²) in [5.74, 6) is 0. The van der Waals surface area contributed by atoms with Crippen LogP contribution in [0.15, 0.2) is 84.9 Å². The molecular weight excluding hydrogens is 280 g/mol. The van der Waals surface area contributed by atoms with Gasteiger partial charge in [-0.15, -0.1) is 0 Å². The van der Waals surface area contributed by atoms with Gasteiger partial charge in [-0.3, -0.25) is 0 Å². The van der Waals surface area contributed by atoms with Crippen LogP contribution in [0.4, 0.5) is 11.4 Å². The molecule has 1 heterocycles. The predicted molar refractivity (Wildman–Crippen MR) is 96.8 cm³/mol. The summed E-state index contributed by atoms with van der Waals surface area (Å²) in [6, 6.07) is 30.4. The summed E-state index contributed by atoms with van der Waals surface area (Å²) in [6.07, 6.45) is 0. The minimum atomic E-state index is 0.221. The lowest BCUT2D eigenvalue weighted by atomic mass is 9.89. The zero-order valence-electron chi connectivity index (χ0n) is 13.2. The molecule has 0 amide bonds. The van der Waals surface area contributed by atoms with Crippen LogP contribution in [-0.4, -0.2) is 7.05 Å². The molecule has 2 atom stereocenters. The average Bonchev–Trinajstić information content (AvgIpc) is 2.63. The molecule has 0 radical (unpaired) electrons. The van der Waals surface area contributed by atoms with Gasteiger partial charge in [0, 0.05) is 7.05 Å². The van der Waals surface area contributed by atoms with Gasteiger partial charge >= 0.3 is 0 Å². The van der Waals surface area contributed by atoms with Crippen LogP contribution in [0.3, 0.4) is 0 Å². The van der Waals surface area contributed by atoms with Gasteiger partial charge in [0.25, 0.3) is 0 Å². The van der Waals surface area contributed by atoms with Crippen LogP contribution >= 0.6 is 0 Å². The van der Waals surface area contributed by atoms with Gasteiger partial charge in [0.2, 0.25) is 0 Å². The van der Waals surface area contributed by atoms with E-state index in [1.807, 2.05) is 0 Å². The maximum absolute atomic E-state index is 3.75. The van der Waals surface area contributed by atoms with Crippen LogP contribution in [-0.2, 0) is 0 Å². The third kappa shape index (κ3) is 2.46. The summed E-state index contributed by atoms with van der Waals surface area (Å²) < 4.78 is 0. The van der Waals surface area contributed by atoms with Crippen molar-refractivity contribution in [1.29, 1.82) is 0 Å². The molecule has 1 aliphatic rings. The zero-order chi connectivity index (χ0) is 15.6. The van der Waals surface area contributed by atoms with E-state index in [4.69, 9.17) is 0 Å². The second kappa shape index (κ2) is 5.81. The van der Waals surface area contributed by atoms with Gasteiger partial charge < -0.3 is 10.2 Å². The Balaban J connectivity index is 1.85. The van der Waals surface area contributed by atoms with Crippen molar-refractivity contribution in [3.05, 3.63) is 96.1 Å². The van der Waals surface area contributed by atoms with Gasteiger partial charge in [0.05, 0.1) is 23.5 Å². The molecule has 2 unspecified atom stereocenters. The van der Waals surface area contributed by atoms with Crippen LogP contribution in [0, 0.1) is 0 Å². The Kier molecular flexibility index (Phi) is 3.51. The molecule has 0 spiro atoms. The first-order chi connectivity index (χ1) is 11.3. The number of nitrogens with zero attached hydrogens (tertiary/aromatic N) is 1. The highest BCUT2D eigenvalue weighted by Gasteiger charge is 2.33. The molecule has 2 heteroatoms. The van der Waals surface area contributed by atoms with Gasteiger partial charge in [-0.05, 0) is 23.3 Å². The van der Waals surface area contributed by atoms with Gasteiger partial charge in [-0.2, -0.15) is 0 Å². The molecule has 114 valence electrons. The molecule has 0 bridgehead atoms. The van der Waals surface area contributed by atoms with E-state index in [0.29, 0.717) is 0 Å². The lowest BCUT2D eigenvalue weighted by Crippen LogP contribution is -2.37. The van der Waals surface area contributed by atoms with Crippen molar-refractivity contribution in [2.45, 2.75) is 12.1 Å². The van der Waals surface area contributed by atoms with E-state index in [-0.39, 0.29) is 12.1 Å². The summed E-state index contributed by atoms with van der Waals surface area (Å²) in [6.45, 7) is 0. The van der Waals surface area contributed by atoms with Gasteiger partial charge in [-0.1, -0.05) is 72.8 Å². The van der Waals surface area contributed by atoms with Crippen molar-refractivity contribution < 1.29 is 0 Å². The third-order valence-electron chi connectivity index (χ3n) is 4.63. The first-order valence-corrected chi connectivity index (χ1v) is 8.03.